The van der Waals surface area contributed by atoms with Crippen LogP contribution in [0.2, 0.25) is 0 Å². The summed E-state index contributed by atoms with van der Waals surface area (Å²) in [5.74, 6) is -2.05. The van der Waals surface area contributed by atoms with Gasteiger partial charge in [-0.3, -0.25) is 33.6 Å². The van der Waals surface area contributed by atoms with Gasteiger partial charge >= 0.3 is 0 Å². The summed E-state index contributed by atoms with van der Waals surface area (Å²) in [6.45, 7) is 5.85. The van der Waals surface area contributed by atoms with Crippen LogP contribution in [-0.2, 0) is 76.2 Å². The summed E-state index contributed by atoms with van der Waals surface area (Å²) in [6, 6.07) is 0. The van der Waals surface area contributed by atoms with Gasteiger partial charge in [-0.25, -0.2) is 0 Å². The minimum absolute atomic E-state index is 0.0758. The Morgan fingerprint density at radius 1 is 0.305 bits per heavy atom. The average Bonchev–Trinajstić information content (AvgIpc) is 0.835. The van der Waals surface area contributed by atoms with Crippen molar-refractivity contribution in [1.82, 2.24) is 37.2 Å². The Kier molecular flexibility index (Phi) is 49.5. The Balaban J connectivity index is 1.52. The Hall–Kier alpha value is -4.55. The van der Waals surface area contributed by atoms with E-state index >= 15 is 0 Å². The van der Waals surface area contributed by atoms with Gasteiger partial charge in [0.25, 0.3) is 0 Å². The van der Waals surface area contributed by atoms with Crippen molar-refractivity contribution in [2.75, 3.05) is 119 Å². The van der Waals surface area contributed by atoms with Crippen LogP contribution in [0.25, 0.3) is 0 Å². The van der Waals surface area contributed by atoms with Gasteiger partial charge in [0.15, 0.2) is 18.9 Å². The van der Waals surface area contributed by atoms with Gasteiger partial charge in [0.2, 0.25) is 41.4 Å². The van der Waals surface area contributed by atoms with E-state index in [0.717, 1.165) is 32.1 Å². The largest absolute Gasteiger partial charge is 0.394 e. The first-order valence-corrected chi connectivity index (χ1v) is 37.7. The molecule has 3 aliphatic rings. The van der Waals surface area contributed by atoms with Crippen molar-refractivity contribution in [1.29, 1.82) is 0 Å². The third kappa shape index (κ3) is 40.6. The monoisotopic (exact) mass is 1520 g/mol. The highest BCUT2D eigenvalue weighted by Gasteiger charge is 2.46. The molecule has 35 heteroatoms. The first-order valence-electron chi connectivity index (χ1n) is 37.7. The van der Waals surface area contributed by atoms with E-state index in [0.29, 0.717) is 69.6 Å². The number of hydrogen-bond acceptors (Lipinski definition) is 28. The van der Waals surface area contributed by atoms with Crippen LogP contribution in [0.1, 0.15) is 181 Å². The van der Waals surface area contributed by atoms with Gasteiger partial charge in [0, 0.05) is 104 Å². The topological polar surface area (TPSA) is 530 Å². The third-order valence-electron chi connectivity index (χ3n) is 17.8. The maximum Gasteiger partial charge on any atom is 0.222 e. The van der Waals surface area contributed by atoms with Crippen LogP contribution in [0, 0.1) is 5.41 Å². The lowest BCUT2D eigenvalue weighted by atomic mass is 9.89. The number of carbonyl (C=O) groups is 7. The number of nitrogens with one attached hydrogen (secondary N) is 7. The van der Waals surface area contributed by atoms with Crippen LogP contribution < -0.4 is 37.2 Å². The molecule has 15 unspecified atom stereocenters. The highest BCUT2D eigenvalue weighted by atomic mass is 16.7. The van der Waals surface area contributed by atoms with Crippen molar-refractivity contribution < 1.29 is 137 Å². The van der Waals surface area contributed by atoms with Crippen LogP contribution in [0.5, 0.6) is 0 Å². The summed E-state index contributed by atoms with van der Waals surface area (Å²) in [4.78, 5) is 90.4. The van der Waals surface area contributed by atoms with E-state index in [9.17, 15) is 94.8 Å². The minimum Gasteiger partial charge on any atom is -0.394 e. The normalized spacial score (nSPS) is 25.4. The molecule has 3 aliphatic heterocycles. The standard InChI is InChI=1S/C70H129N7O28/c1-69(2,3)28-14-9-7-5-4-6-8-10-24-56(87)77-70(44-97-38-25-53(84)74-32-18-29-71-50(81)21-11-15-35-100-66-63(94)60(91)57(88)47(41-78)103-66,45-98-39-26-54(85)75-33-19-30-72-51(82)22-12-16-36-101-67-64(95)61(92)58(89)48(42-79)104-67)46-99-40-27-55(86)76-34-20-31-73-52(83)23-13-17-37-102-68-65(96)62(93)59(90)49(43-80)105-68/h47-49,57-68,78-80,88-96H,4-46H2,1-3H3,(H,71,81)(H,72,82)(H,73,83)(H,74,84)(H,75,85)(H,76,86)(H,77,87). The molecule has 35 nitrogen and oxygen atoms in total. The zero-order valence-corrected chi connectivity index (χ0v) is 62.0. The van der Waals surface area contributed by atoms with Crippen molar-refractivity contribution in [2.24, 2.45) is 5.41 Å². The number of rotatable bonds is 59. The number of aliphatic hydroxyl groups excluding tert-OH is 12. The van der Waals surface area contributed by atoms with E-state index < -0.39 is 117 Å². The molecule has 7 amide bonds. The van der Waals surface area contributed by atoms with Gasteiger partial charge in [-0.05, 0) is 76.0 Å². The van der Waals surface area contributed by atoms with Gasteiger partial charge in [0.05, 0.1) is 59.5 Å². The number of amides is 7. The smallest absolute Gasteiger partial charge is 0.222 e. The van der Waals surface area contributed by atoms with E-state index in [4.69, 9.17) is 42.6 Å². The third-order valence-corrected chi connectivity index (χ3v) is 17.8. The second-order valence-electron chi connectivity index (χ2n) is 28.4. The quantitative estimate of drug-likeness (QED) is 0.0267. The van der Waals surface area contributed by atoms with Gasteiger partial charge in [-0.2, -0.15) is 0 Å². The molecule has 0 aromatic rings. The van der Waals surface area contributed by atoms with Crippen molar-refractivity contribution in [3.8, 4) is 0 Å². The second-order valence-corrected chi connectivity index (χ2v) is 28.4. The number of ether oxygens (including phenoxy) is 9. The lowest BCUT2D eigenvalue weighted by Gasteiger charge is -2.39. The van der Waals surface area contributed by atoms with Crippen molar-refractivity contribution >= 4 is 41.4 Å². The molecule has 3 fully saturated rings. The molecule has 3 rings (SSSR count). The second kappa shape index (κ2) is 54.9. The molecule has 612 valence electrons. The zero-order valence-electron chi connectivity index (χ0n) is 62.0. The van der Waals surface area contributed by atoms with E-state index in [1.165, 1.54) is 19.3 Å². The van der Waals surface area contributed by atoms with Gasteiger partial charge < -0.3 is 141 Å². The fourth-order valence-corrected chi connectivity index (χ4v) is 11.4. The molecule has 0 saturated carbocycles. The van der Waals surface area contributed by atoms with Gasteiger partial charge in [-0.1, -0.05) is 65.7 Å². The maximum atomic E-state index is 13.9. The zero-order chi connectivity index (χ0) is 77.4. The highest BCUT2D eigenvalue weighted by Crippen LogP contribution is 2.26. The number of carbonyl (C=O) groups excluding carboxylic acids is 7. The Morgan fingerprint density at radius 3 is 0.848 bits per heavy atom. The first-order chi connectivity index (χ1) is 50.2. The van der Waals surface area contributed by atoms with Crippen LogP contribution in [0.3, 0.4) is 0 Å². The molecule has 3 heterocycles. The Bertz CT molecular complexity index is 2170. The van der Waals surface area contributed by atoms with E-state index in [2.05, 4.69) is 58.0 Å². The van der Waals surface area contributed by atoms with E-state index in [1.54, 1.807) is 0 Å². The van der Waals surface area contributed by atoms with Crippen LogP contribution in [-0.4, -0.2) is 319 Å². The molecule has 105 heavy (non-hydrogen) atoms. The maximum absolute atomic E-state index is 13.9. The number of aliphatic hydroxyl groups is 12. The lowest BCUT2D eigenvalue weighted by Crippen LogP contribution is -2.59. The summed E-state index contributed by atoms with van der Waals surface area (Å²) in [6.07, 6.45) is -7.46. The summed E-state index contributed by atoms with van der Waals surface area (Å²) < 4.78 is 50.7. The molecule has 0 aliphatic carbocycles. The fourth-order valence-electron chi connectivity index (χ4n) is 11.4. The molecular formula is C70H129N7O28. The van der Waals surface area contributed by atoms with Gasteiger partial charge in [0.1, 0.15) is 78.8 Å². The molecule has 15 atom stereocenters. The highest BCUT2D eigenvalue weighted by molar-refractivity contribution is 5.78. The molecule has 0 aromatic heterocycles. The molecule has 0 radical (unpaired) electrons. The number of unbranched alkanes of at least 4 members (excludes halogenated alkanes) is 10. The summed E-state index contributed by atoms with van der Waals surface area (Å²) >= 11 is 0. The molecule has 19 N–H and O–H groups in total. The Morgan fingerprint density at radius 2 is 0.562 bits per heavy atom. The summed E-state index contributed by atoms with van der Waals surface area (Å²) in [7, 11) is 0. The van der Waals surface area contributed by atoms with Crippen LogP contribution in [0.4, 0.5) is 0 Å². The lowest BCUT2D eigenvalue weighted by molar-refractivity contribution is -0.301. The summed E-state index contributed by atoms with van der Waals surface area (Å²) in [5.41, 5.74) is -1.06. The predicted molar refractivity (Wildman–Crippen MR) is 375 cm³/mol. The predicted octanol–water partition coefficient (Wildman–Crippen LogP) is -3.16. The van der Waals surface area contributed by atoms with Crippen LogP contribution >= 0.6 is 0 Å². The van der Waals surface area contributed by atoms with Crippen LogP contribution in [0.15, 0.2) is 0 Å². The SMILES string of the molecule is CC(C)(C)CCCCCCCCCCC(=O)NC(COCCC(=O)NCCCNC(=O)CCCCOC1OC(CO)C(O)C(O)C1O)(COCCC(=O)NCCCNC(=O)CCCCOC1OC(CO)C(O)C(O)C1O)COCCC(=O)NCCCNC(=O)CCCCOC1OC(CO)C(O)C(O)C1O. The Labute approximate surface area is 616 Å². The minimum atomic E-state index is -1.57. The van der Waals surface area contributed by atoms with Crippen molar-refractivity contribution in [2.45, 2.75) is 279 Å². The molecule has 0 spiro atoms. The van der Waals surface area contributed by atoms with Crippen molar-refractivity contribution in [3.05, 3.63) is 0 Å². The van der Waals surface area contributed by atoms with E-state index in [1.807, 2.05) is 0 Å². The first kappa shape index (κ1) is 94.7. The molecular weight excluding hydrogens is 1390 g/mol. The fraction of sp³-hybridized carbons (Fsp3) is 0.900. The molecule has 0 aromatic carbocycles. The van der Waals surface area contributed by atoms with Gasteiger partial charge in [-0.15, -0.1) is 0 Å². The molecule has 0 bridgehead atoms. The summed E-state index contributed by atoms with van der Waals surface area (Å²) in [5, 5.41) is 138. The number of hydrogen-bond donors (Lipinski definition) is 19. The van der Waals surface area contributed by atoms with E-state index in [-0.39, 0.29) is 185 Å². The molecule has 3 saturated heterocycles. The average molecular weight is 1520 g/mol. The van der Waals surface area contributed by atoms with Crippen molar-refractivity contribution in [3.63, 3.8) is 0 Å².